The topological polar surface area (TPSA) is 55.1 Å². The van der Waals surface area contributed by atoms with Gasteiger partial charge in [0.25, 0.3) is 0 Å². The number of benzene rings is 1. The highest BCUT2D eigenvalue weighted by Gasteiger charge is 2.06. The van der Waals surface area contributed by atoms with Gasteiger partial charge in [0, 0.05) is 5.56 Å². The first-order valence-electron chi connectivity index (χ1n) is 4.32. The summed E-state index contributed by atoms with van der Waals surface area (Å²) in [7, 11) is 1.74. The van der Waals surface area contributed by atoms with E-state index >= 15 is 0 Å². The number of nitrogens with one attached hydrogen (secondary N) is 1. The minimum absolute atomic E-state index is 0.0531. The molecule has 0 aliphatic heterocycles. The molecule has 0 fully saturated rings. The number of likely N-dealkylation sites (N-methyl/N-ethyl adjacent to an activating group) is 1. The first-order chi connectivity index (χ1) is 6.81. The predicted molar refractivity (Wildman–Crippen MR) is 52.3 cm³/mol. The van der Waals surface area contributed by atoms with E-state index in [0.29, 0.717) is 23.2 Å². The molecule has 4 nitrogen and oxygen atoms in total. The number of oxazole rings is 1. The fourth-order valence-corrected chi connectivity index (χ4v) is 1.29. The fourth-order valence-electron chi connectivity index (χ4n) is 1.29. The van der Waals surface area contributed by atoms with Crippen molar-refractivity contribution in [3.05, 3.63) is 30.2 Å². The maximum Gasteiger partial charge on any atom is 0.181 e. The van der Waals surface area contributed by atoms with Crippen LogP contribution in [0.25, 0.3) is 11.1 Å². The second-order valence-corrected chi connectivity index (χ2v) is 2.99. The SMILES string of the molecule is CNCC(=O)c1ccc2ocnc2c1. The van der Waals surface area contributed by atoms with Crippen molar-refractivity contribution in [1.82, 2.24) is 10.3 Å². The lowest BCUT2D eigenvalue weighted by Crippen LogP contribution is -2.18. The van der Waals surface area contributed by atoms with Gasteiger partial charge in [0.1, 0.15) is 5.52 Å². The fraction of sp³-hybridized carbons (Fsp3) is 0.200. The highest BCUT2D eigenvalue weighted by Crippen LogP contribution is 2.14. The van der Waals surface area contributed by atoms with Crippen LogP contribution in [-0.2, 0) is 0 Å². The van der Waals surface area contributed by atoms with Crippen LogP contribution in [0.5, 0.6) is 0 Å². The maximum atomic E-state index is 11.5. The van der Waals surface area contributed by atoms with Crippen molar-refractivity contribution in [2.45, 2.75) is 0 Å². The zero-order valence-electron chi connectivity index (χ0n) is 7.78. The number of carbonyl (C=O) groups excluding carboxylic acids is 1. The third-order valence-electron chi connectivity index (χ3n) is 1.99. The minimum atomic E-state index is 0.0531. The van der Waals surface area contributed by atoms with Gasteiger partial charge in [-0.15, -0.1) is 0 Å². The number of fused-ring (bicyclic) bond motifs is 1. The molecule has 14 heavy (non-hydrogen) atoms. The molecular formula is C10H10N2O2. The number of hydrogen-bond acceptors (Lipinski definition) is 4. The van der Waals surface area contributed by atoms with E-state index in [1.165, 1.54) is 6.39 Å². The molecule has 0 bridgehead atoms. The van der Waals surface area contributed by atoms with Gasteiger partial charge in [-0.25, -0.2) is 4.98 Å². The maximum absolute atomic E-state index is 11.5. The summed E-state index contributed by atoms with van der Waals surface area (Å²) >= 11 is 0. The van der Waals surface area contributed by atoms with E-state index in [0.717, 1.165) is 0 Å². The largest absolute Gasteiger partial charge is 0.443 e. The Labute approximate surface area is 80.9 Å². The van der Waals surface area contributed by atoms with Crippen LogP contribution in [0.1, 0.15) is 10.4 Å². The normalized spacial score (nSPS) is 10.6. The molecule has 4 heteroatoms. The molecule has 0 saturated heterocycles. The molecule has 0 amide bonds. The van der Waals surface area contributed by atoms with Gasteiger partial charge >= 0.3 is 0 Å². The molecule has 1 aromatic carbocycles. The van der Waals surface area contributed by atoms with Gasteiger partial charge in [-0.3, -0.25) is 4.79 Å². The van der Waals surface area contributed by atoms with Crippen molar-refractivity contribution in [1.29, 1.82) is 0 Å². The molecule has 1 heterocycles. The van der Waals surface area contributed by atoms with Gasteiger partial charge < -0.3 is 9.73 Å². The van der Waals surface area contributed by atoms with Crippen molar-refractivity contribution >= 4 is 16.9 Å². The number of nitrogens with zero attached hydrogens (tertiary/aromatic N) is 1. The molecule has 1 N–H and O–H groups in total. The standard InChI is InChI=1S/C10H10N2O2/c1-11-5-9(13)7-2-3-10-8(4-7)12-6-14-10/h2-4,6,11H,5H2,1H3. The molecule has 0 aliphatic rings. The summed E-state index contributed by atoms with van der Waals surface area (Å²) in [6.45, 7) is 0.337. The van der Waals surface area contributed by atoms with Crippen LogP contribution in [0.2, 0.25) is 0 Å². The third kappa shape index (κ3) is 1.52. The number of rotatable bonds is 3. The van der Waals surface area contributed by atoms with Crippen LogP contribution in [0.3, 0.4) is 0 Å². The van der Waals surface area contributed by atoms with E-state index < -0.39 is 0 Å². The summed E-state index contributed by atoms with van der Waals surface area (Å²) in [6, 6.07) is 5.23. The van der Waals surface area contributed by atoms with Crippen molar-refractivity contribution in [2.24, 2.45) is 0 Å². The summed E-state index contributed by atoms with van der Waals surface area (Å²) in [4.78, 5) is 15.5. The van der Waals surface area contributed by atoms with Gasteiger partial charge in [-0.1, -0.05) is 0 Å². The van der Waals surface area contributed by atoms with Gasteiger partial charge in [0.2, 0.25) is 0 Å². The van der Waals surface area contributed by atoms with Crippen LogP contribution >= 0.6 is 0 Å². The molecule has 2 aromatic rings. The lowest BCUT2D eigenvalue weighted by atomic mass is 10.1. The summed E-state index contributed by atoms with van der Waals surface area (Å²) in [5, 5.41) is 2.81. The van der Waals surface area contributed by atoms with E-state index in [9.17, 15) is 4.79 Å². The zero-order valence-corrected chi connectivity index (χ0v) is 7.78. The predicted octanol–water partition coefficient (Wildman–Crippen LogP) is 1.23. The van der Waals surface area contributed by atoms with E-state index in [1.54, 1.807) is 25.2 Å². The Hall–Kier alpha value is -1.68. The van der Waals surface area contributed by atoms with Crippen molar-refractivity contribution < 1.29 is 9.21 Å². The molecule has 0 radical (unpaired) electrons. The van der Waals surface area contributed by atoms with E-state index in [2.05, 4.69) is 10.3 Å². The lowest BCUT2D eigenvalue weighted by Gasteiger charge is -1.98. The van der Waals surface area contributed by atoms with E-state index in [1.807, 2.05) is 0 Å². The highest BCUT2D eigenvalue weighted by molar-refractivity contribution is 5.99. The van der Waals surface area contributed by atoms with Gasteiger partial charge in [0.15, 0.2) is 17.8 Å². The molecule has 0 saturated carbocycles. The summed E-state index contributed by atoms with van der Waals surface area (Å²) < 4.78 is 5.07. The first-order valence-corrected chi connectivity index (χ1v) is 4.32. The Morgan fingerprint density at radius 1 is 1.57 bits per heavy atom. The number of aromatic nitrogens is 1. The smallest absolute Gasteiger partial charge is 0.181 e. The third-order valence-corrected chi connectivity index (χ3v) is 1.99. The van der Waals surface area contributed by atoms with Crippen molar-refractivity contribution in [2.75, 3.05) is 13.6 Å². The monoisotopic (exact) mass is 190 g/mol. The Kier molecular flexibility index (Phi) is 2.28. The molecular weight excluding hydrogens is 180 g/mol. The molecule has 0 unspecified atom stereocenters. The average Bonchev–Trinajstić information content (AvgIpc) is 2.64. The van der Waals surface area contributed by atoms with Gasteiger partial charge in [-0.05, 0) is 25.2 Å². The Morgan fingerprint density at radius 2 is 2.43 bits per heavy atom. The van der Waals surface area contributed by atoms with Crippen molar-refractivity contribution in [3.8, 4) is 0 Å². The van der Waals surface area contributed by atoms with Crippen LogP contribution < -0.4 is 5.32 Å². The molecule has 0 atom stereocenters. The molecule has 1 aromatic heterocycles. The quantitative estimate of drug-likeness (QED) is 0.739. The number of Topliss-reactive ketones (excluding diaryl/α,β-unsaturated/α-hetero) is 1. The molecule has 0 spiro atoms. The molecule has 0 aliphatic carbocycles. The summed E-state index contributed by atoms with van der Waals surface area (Å²) in [6.07, 6.45) is 1.37. The Morgan fingerprint density at radius 3 is 3.21 bits per heavy atom. The zero-order chi connectivity index (χ0) is 9.97. The van der Waals surface area contributed by atoms with E-state index in [-0.39, 0.29) is 5.78 Å². The van der Waals surface area contributed by atoms with Crippen molar-refractivity contribution in [3.63, 3.8) is 0 Å². The summed E-state index contributed by atoms with van der Waals surface area (Å²) in [5.74, 6) is 0.0531. The van der Waals surface area contributed by atoms with E-state index in [4.69, 9.17) is 4.42 Å². The Bertz CT molecular complexity index is 462. The number of ketones is 1. The average molecular weight is 190 g/mol. The molecule has 72 valence electrons. The van der Waals surface area contributed by atoms with Gasteiger partial charge in [-0.2, -0.15) is 0 Å². The van der Waals surface area contributed by atoms with Crippen LogP contribution in [0.15, 0.2) is 29.0 Å². The second kappa shape index (κ2) is 3.59. The van der Waals surface area contributed by atoms with Gasteiger partial charge in [0.05, 0.1) is 6.54 Å². The first kappa shape index (κ1) is 8.90. The minimum Gasteiger partial charge on any atom is -0.443 e. The Balaban J connectivity index is 2.38. The highest BCUT2D eigenvalue weighted by atomic mass is 16.3. The summed E-state index contributed by atoms with van der Waals surface area (Å²) in [5.41, 5.74) is 2.07. The van der Waals surface area contributed by atoms with Crippen LogP contribution in [0, 0.1) is 0 Å². The number of carbonyl (C=O) groups is 1. The van der Waals surface area contributed by atoms with Crippen LogP contribution in [0.4, 0.5) is 0 Å². The van der Waals surface area contributed by atoms with Crippen LogP contribution in [-0.4, -0.2) is 24.4 Å². The second-order valence-electron chi connectivity index (χ2n) is 2.99. The molecule has 2 rings (SSSR count). The lowest BCUT2D eigenvalue weighted by molar-refractivity contribution is 0.0993. The number of hydrogen-bond donors (Lipinski definition) is 1.